The molecule has 1 unspecified atom stereocenters. The first-order valence-electron chi connectivity index (χ1n) is 9.75. The molecule has 0 bridgehead atoms. The molecule has 1 aromatic heterocycles. The standard InChI is InChI=1S/C22H20Cl2N4O3/c1-14-22(30)27(18-4-2-3-5-19(18)31-14)11-9-21(29)26-20-8-10-25-28(20)13-15-6-7-16(23)12-17(15)24/h2-8,10,12,14H,9,11,13H2,1H3,(H,26,29). The lowest BCUT2D eigenvalue weighted by molar-refractivity contribution is -0.125. The third-order valence-corrected chi connectivity index (χ3v) is 5.54. The normalized spacial score (nSPS) is 15.4. The van der Waals surface area contributed by atoms with Crippen molar-refractivity contribution < 1.29 is 14.3 Å². The fourth-order valence-electron chi connectivity index (χ4n) is 3.38. The second-order valence-electron chi connectivity index (χ2n) is 7.13. The van der Waals surface area contributed by atoms with Gasteiger partial charge in [0.05, 0.1) is 18.4 Å². The fourth-order valence-corrected chi connectivity index (χ4v) is 3.85. The van der Waals surface area contributed by atoms with Crippen LogP contribution in [-0.2, 0) is 16.1 Å². The molecule has 3 aromatic rings. The van der Waals surface area contributed by atoms with Crippen LogP contribution in [0.1, 0.15) is 18.9 Å². The number of nitrogens with zero attached hydrogens (tertiary/aromatic N) is 3. The highest BCUT2D eigenvalue weighted by molar-refractivity contribution is 6.35. The van der Waals surface area contributed by atoms with Gasteiger partial charge in [-0.25, -0.2) is 4.68 Å². The van der Waals surface area contributed by atoms with Crippen LogP contribution in [0.5, 0.6) is 5.75 Å². The molecule has 0 spiro atoms. The van der Waals surface area contributed by atoms with Gasteiger partial charge in [-0.15, -0.1) is 0 Å². The van der Waals surface area contributed by atoms with Gasteiger partial charge in [-0.2, -0.15) is 5.10 Å². The van der Waals surface area contributed by atoms with E-state index in [1.54, 1.807) is 40.9 Å². The third kappa shape index (κ3) is 4.68. The van der Waals surface area contributed by atoms with Gasteiger partial charge in [0.25, 0.3) is 5.91 Å². The topological polar surface area (TPSA) is 76.5 Å². The van der Waals surface area contributed by atoms with Crippen molar-refractivity contribution >= 4 is 46.5 Å². The minimum absolute atomic E-state index is 0.125. The molecule has 31 heavy (non-hydrogen) atoms. The van der Waals surface area contributed by atoms with E-state index in [1.807, 2.05) is 30.3 Å². The first-order valence-corrected chi connectivity index (χ1v) is 10.5. The molecular formula is C22H20Cl2N4O3. The number of benzene rings is 2. The smallest absolute Gasteiger partial charge is 0.267 e. The molecule has 7 nitrogen and oxygen atoms in total. The van der Waals surface area contributed by atoms with Crippen LogP contribution >= 0.6 is 23.2 Å². The van der Waals surface area contributed by atoms with Gasteiger partial charge < -0.3 is 15.0 Å². The van der Waals surface area contributed by atoms with Crippen molar-refractivity contribution in [2.24, 2.45) is 0 Å². The number of rotatable bonds is 6. The van der Waals surface area contributed by atoms with Crippen LogP contribution in [0.2, 0.25) is 10.0 Å². The van der Waals surface area contributed by atoms with E-state index in [0.29, 0.717) is 33.8 Å². The summed E-state index contributed by atoms with van der Waals surface area (Å²) in [6, 6.07) is 14.2. The predicted octanol–water partition coefficient (Wildman–Crippen LogP) is 4.38. The zero-order chi connectivity index (χ0) is 22.0. The first-order chi connectivity index (χ1) is 14.9. The van der Waals surface area contributed by atoms with Crippen LogP contribution in [0.25, 0.3) is 0 Å². The van der Waals surface area contributed by atoms with Crippen molar-refractivity contribution in [2.45, 2.75) is 26.0 Å². The molecule has 2 heterocycles. The number of halogens is 2. The van der Waals surface area contributed by atoms with Crippen molar-refractivity contribution in [2.75, 3.05) is 16.8 Å². The summed E-state index contributed by atoms with van der Waals surface area (Å²) in [4.78, 5) is 26.8. The molecule has 0 saturated heterocycles. The van der Waals surface area contributed by atoms with Crippen molar-refractivity contribution in [1.29, 1.82) is 0 Å². The van der Waals surface area contributed by atoms with Crippen molar-refractivity contribution in [3.05, 3.63) is 70.3 Å². The van der Waals surface area contributed by atoms with Crippen molar-refractivity contribution in [1.82, 2.24) is 9.78 Å². The summed E-state index contributed by atoms with van der Waals surface area (Å²) in [5.41, 5.74) is 1.50. The highest BCUT2D eigenvalue weighted by atomic mass is 35.5. The Morgan fingerprint density at radius 3 is 2.81 bits per heavy atom. The number of amides is 2. The summed E-state index contributed by atoms with van der Waals surface area (Å²) in [7, 11) is 0. The molecule has 9 heteroatoms. The Bertz CT molecular complexity index is 1130. The van der Waals surface area contributed by atoms with E-state index in [2.05, 4.69) is 10.4 Å². The van der Waals surface area contributed by atoms with Crippen LogP contribution < -0.4 is 15.0 Å². The molecule has 1 aliphatic heterocycles. The molecule has 1 aliphatic rings. The van der Waals surface area contributed by atoms with Gasteiger partial charge in [-0.1, -0.05) is 41.4 Å². The number of hydrogen-bond acceptors (Lipinski definition) is 4. The van der Waals surface area contributed by atoms with Gasteiger partial charge in [-0.3, -0.25) is 9.59 Å². The molecule has 1 atom stereocenters. The number of para-hydroxylation sites is 2. The van der Waals surface area contributed by atoms with E-state index in [9.17, 15) is 9.59 Å². The van der Waals surface area contributed by atoms with Crippen LogP contribution in [0.3, 0.4) is 0 Å². The monoisotopic (exact) mass is 458 g/mol. The second-order valence-corrected chi connectivity index (χ2v) is 7.97. The van der Waals surface area contributed by atoms with E-state index in [-0.39, 0.29) is 24.8 Å². The minimum atomic E-state index is -0.594. The minimum Gasteiger partial charge on any atom is -0.479 e. The van der Waals surface area contributed by atoms with Gasteiger partial charge in [0.1, 0.15) is 11.6 Å². The average Bonchev–Trinajstić information content (AvgIpc) is 3.17. The first kappa shape index (κ1) is 21.2. The van der Waals surface area contributed by atoms with Gasteiger partial charge in [0, 0.05) is 29.1 Å². The molecule has 2 aromatic carbocycles. The molecule has 0 fully saturated rings. The lowest BCUT2D eigenvalue weighted by atomic mass is 10.1. The van der Waals surface area contributed by atoms with Crippen LogP contribution in [0.15, 0.2) is 54.7 Å². The summed E-state index contributed by atoms with van der Waals surface area (Å²) < 4.78 is 7.28. The molecule has 0 aliphatic carbocycles. The number of hydrogen-bond donors (Lipinski definition) is 1. The summed E-state index contributed by atoms with van der Waals surface area (Å²) >= 11 is 12.2. The van der Waals surface area contributed by atoms with E-state index >= 15 is 0 Å². The maximum atomic E-state index is 12.6. The largest absolute Gasteiger partial charge is 0.479 e. The second kappa shape index (κ2) is 8.99. The van der Waals surface area contributed by atoms with E-state index < -0.39 is 6.10 Å². The van der Waals surface area contributed by atoms with Crippen molar-refractivity contribution in [3.63, 3.8) is 0 Å². The molecule has 4 rings (SSSR count). The van der Waals surface area contributed by atoms with E-state index in [4.69, 9.17) is 27.9 Å². The number of carbonyl (C=O) groups is 2. The SMILES string of the molecule is CC1Oc2ccccc2N(CCC(=O)Nc2ccnn2Cc2ccc(Cl)cc2Cl)C1=O. The number of ether oxygens (including phenoxy) is 1. The number of nitrogens with one attached hydrogen (secondary N) is 1. The van der Waals surface area contributed by atoms with E-state index in [0.717, 1.165) is 5.56 Å². The molecule has 1 N–H and O–H groups in total. The maximum absolute atomic E-state index is 12.6. The zero-order valence-corrected chi connectivity index (χ0v) is 18.2. The van der Waals surface area contributed by atoms with Gasteiger partial charge in [-0.05, 0) is 36.8 Å². The average molecular weight is 459 g/mol. The van der Waals surface area contributed by atoms with Gasteiger partial charge >= 0.3 is 0 Å². The molecule has 0 radical (unpaired) electrons. The van der Waals surface area contributed by atoms with E-state index in [1.165, 1.54) is 0 Å². The molecule has 2 amide bonds. The highest BCUT2D eigenvalue weighted by Crippen LogP contribution is 2.33. The Kier molecular flexibility index (Phi) is 6.15. The van der Waals surface area contributed by atoms with Crippen LogP contribution in [-0.4, -0.2) is 34.2 Å². The lowest BCUT2D eigenvalue weighted by Gasteiger charge is -2.32. The highest BCUT2D eigenvalue weighted by Gasteiger charge is 2.31. The van der Waals surface area contributed by atoms with Crippen LogP contribution in [0.4, 0.5) is 11.5 Å². The maximum Gasteiger partial charge on any atom is 0.267 e. The summed E-state index contributed by atoms with van der Waals surface area (Å²) in [6.07, 6.45) is 1.13. The third-order valence-electron chi connectivity index (χ3n) is 4.96. The van der Waals surface area contributed by atoms with Crippen LogP contribution in [0, 0.1) is 0 Å². The zero-order valence-electron chi connectivity index (χ0n) is 16.7. The Morgan fingerprint density at radius 1 is 1.19 bits per heavy atom. The molecular weight excluding hydrogens is 439 g/mol. The lowest BCUT2D eigenvalue weighted by Crippen LogP contribution is -2.45. The summed E-state index contributed by atoms with van der Waals surface area (Å²) in [6.45, 7) is 2.32. The van der Waals surface area contributed by atoms with Gasteiger partial charge in [0.2, 0.25) is 5.91 Å². The number of anilines is 2. The Morgan fingerprint density at radius 2 is 2.00 bits per heavy atom. The van der Waals surface area contributed by atoms with Gasteiger partial charge in [0.15, 0.2) is 6.10 Å². The molecule has 0 saturated carbocycles. The quantitative estimate of drug-likeness (QED) is 0.594. The Balaban J connectivity index is 1.41. The summed E-state index contributed by atoms with van der Waals surface area (Å²) in [5.74, 6) is 0.772. The number of aromatic nitrogens is 2. The number of carbonyl (C=O) groups excluding carboxylic acids is 2. The fraction of sp³-hybridized carbons (Fsp3) is 0.227. The predicted molar refractivity (Wildman–Crippen MR) is 120 cm³/mol. The Hall–Kier alpha value is -3.03. The number of fused-ring (bicyclic) bond motifs is 1. The summed E-state index contributed by atoms with van der Waals surface area (Å²) in [5, 5.41) is 8.19. The Labute approximate surface area is 189 Å². The van der Waals surface area contributed by atoms with Crippen molar-refractivity contribution in [3.8, 4) is 5.75 Å². The molecule has 160 valence electrons.